The molecule has 0 unspecified atom stereocenters. The van der Waals surface area contributed by atoms with Gasteiger partial charge in [-0.05, 0) is 12.8 Å². The quantitative estimate of drug-likeness (QED) is 0.0536. The molecule has 216 valence electrons. The lowest BCUT2D eigenvalue weighted by Gasteiger charge is -2.02. The van der Waals surface area contributed by atoms with Crippen molar-refractivity contribution < 1.29 is 0 Å². The van der Waals surface area contributed by atoms with Gasteiger partial charge in [0.2, 0.25) is 0 Å². The fraction of sp³-hybridized carbons (Fsp3) is 0.889. The Morgan fingerprint density at radius 2 is 0.514 bits per heavy atom. The van der Waals surface area contributed by atoms with Gasteiger partial charge in [-0.1, -0.05) is 204 Å². The summed E-state index contributed by atoms with van der Waals surface area (Å²) in [6.45, 7) is 4.60. The number of unbranched alkanes of at least 4 members (excludes halogenated alkanes) is 28. The summed E-state index contributed by atoms with van der Waals surface area (Å²) in [5.74, 6) is 6.69. The Morgan fingerprint density at radius 3 is 0.757 bits per heavy atom. The van der Waals surface area contributed by atoms with E-state index >= 15 is 0 Å². The molecule has 0 bridgehead atoms. The van der Waals surface area contributed by atoms with Crippen LogP contribution in [0.5, 0.6) is 0 Å². The van der Waals surface area contributed by atoms with Gasteiger partial charge in [-0.3, -0.25) is 0 Å². The number of hydrogen-bond acceptors (Lipinski definition) is 0. The lowest BCUT2D eigenvalue weighted by atomic mass is 10.0. The first-order valence-corrected chi connectivity index (χ1v) is 18.1. The SMILES string of the molecule is CCCCCCCCCCCCCCCCC#CPC#CCCCCCCCCCCCCCCCC. The maximum Gasteiger partial charge on any atom is 0.0358 e. The first-order valence-electron chi connectivity index (χ1n) is 17.1. The van der Waals surface area contributed by atoms with E-state index in [9.17, 15) is 0 Å². The molecular weight excluding hydrogens is 463 g/mol. The third-order valence-electron chi connectivity index (χ3n) is 7.61. The molecule has 0 aromatic rings. The van der Waals surface area contributed by atoms with Crippen LogP contribution in [0.2, 0.25) is 0 Å². The summed E-state index contributed by atoms with van der Waals surface area (Å²) >= 11 is 0. The topological polar surface area (TPSA) is 0 Å². The largest absolute Gasteiger partial charge is 0.0979 e. The molecule has 0 aromatic heterocycles. The zero-order valence-electron chi connectivity index (χ0n) is 25.7. The van der Waals surface area contributed by atoms with Gasteiger partial charge in [0.25, 0.3) is 0 Å². The molecule has 0 aliphatic heterocycles. The summed E-state index contributed by atoms with van der Waals surface area (Å²) in [4.78, 5) is 0. The molecule has 0 atom stereocenters. The van der Waals surface area contributed by atoms with E-state index in [1.54, 1.807) is 0 Å². The van der Waals surface area contributed by atoms with Gasteiger partial charge in [0.15, 0.2) is 0 Å². The van der Waals surface area contributed by atoms with Crippen LogP contribution < -0.4 is 0 Å². The van der Waals surface area contributed by atoms with Crippen LogP contribution in [0.4, 0.5) is 0 Å². The van der Waals surface area contributed by atoms with Crippen molar-refractivity contribution in [2.24, 2.45) is 0 Å². The predicted molar refractivity (Wildman–Crippen MR) is 174 cm³/mol. The minimum Gasteiger partial charge on any atom is -0.0979 e. The van der Waals surface area contributed by atoms with E-state index in [0.717, 1.165) is 12.8 Å². The standard InChI is InChI=1S/C36H67P/c1-3-5-7-9-11-13-15-17-19-21-23-25-27-29-31-33-35-37-36-34-32-30-28-26-24-22-20-18-16-14-12-10-8-6-4-2/h37H,3-32H2,1-2H3. The zero-order valence-corrected chi connectivity index (χ0v) is 26.7. The van der Waals surface area contributed by atoms with Gasteiger partial charge in [0.1, 0.15) is 0 Å². The molecule has 0 radical (unpaired) electrons. The van der Waals surface area contributed by atoms with Crippen LogP contribution in [0.25, 0.3) is 0 Å². The van der Waals surface area contributed by atoms with E-state index in [1.807, 2.05) is 0 Å². The van der Waals surface area contributed by atoms with Gasteiger partial charge in [0.05, 0.1) is 0 Å². The Kier molecular flexibility index (Phi) is 35.1. The van der Waals surface area contributed by atoms with Crippen molar-refractivity contribution >= 4 is 8.58 Å². The third-order valence-corrected chi connectivity index (χ3v) is 8.22. The predicted octanol–water partition coefficient (Wildman–Crippen LogP) is 13.3. The van der Waals surface area contributed by atoms with Crippen LogP contribution in [0.15, 0.2) is 0 Å². The highest BCUT2D eigenvalue weighted by atomic mass is 31.1. The maximum absolute atomic E-state index is 3.34. The second-order valence-corrected chi connectivity index (χ2v) is 12.2. The van der Waals surface area contributed by atoms with Gasteiger partial charge in [-0.2, -0.15) is 0 Å². The minimum atomic E-state index is 0.532. The molecular formula is C36H67P. The Morgan fingerprint density at radius 1 is 0.297 bits per heavy atom. The number of hydrogen-bond donors (Lipinski definition) is 0. The fourth-order valence-electron chi connectivity index (χ4n) is 5.06. The molecule has 0 saturated heterocycles. The first kappa shape index (κ1) is 36.5. The summed E-state index contributed by atoms with van der Waals surface area (Å²) < 4.78 is 0. The Hall–Kier alpha value is -0.450. The highest BCUT2D eigenvalue weighted by Gasteiger charge is 1.95. The highest BCUT2D eigenvalue weighted by Crippen LogP contribution is 2.15. The van der Waals surface area contributed by atoms with Crippen molar-refractivity contribution in [2.45, 2.75) is 206 Å². The molecule has 0 heterocycles. The zero-order chi connectivity index (χ0) is 26.7. The number of rotatable bonds is 28. The molecule has 0 nitrogen and oxygen atoms in total. The van der Waals surface area contributed by atoms with Crippen molar-refractivity contribution in [3.8, 4) is 23.2 Å². The molecule has 0 fully saturated rings. The molecule has 0 aromatic carbocycles. The molecule has 1 heteroatoms. The van der Waals surface area contributed by atoms with E-state index in [4.69, 9.17) is 0 Å². The smallest absolute Gasteiger partial charge is 0.0358 e. The molecule has 0 spiro atoms. The average Bonchev–Trinajstić information content (AvgIpc) is 2.91. The second kappa shape index (κ2) is 35.5. The van der Waals surface area contributed by atoms with Crippen LogP contribution in [-0.2, 0) is 0 Å². The molecule has 0 amide bonds. The van der Waals surface area contributed by atoms with Gasteiger partial charge < -0.3 is 0 Å². The van der Waals surface area contributed by atoms with E-state index in [1.165, 1.54) is 180 Å². The highest BCUT2D eigenvalue weighted by molar-refractivity contribution is 7.49. The first-order chi connectivity index (χ1) is 18.4. The third kappa shape index (κ3) is 35.6. The Labute approximate surface area is 237 Å². The minimum absolute atomic E-state index is 0.532. The summed E-state index contributed by atoms with van der Waals surface area (Å²) in [7, 11) is 0.532. The van der Waals surface area contributed by atoms with Crippen molar-refractivity contribution in [3.63, 3.8) is 0 Å². The van der Waals surface area contributed by atoms with E-state index in [0.29, 0.717) is 8.58 Å². The van der Waals surface area contributed by atoms with Crippen LogP contribution in [0, 0.1) is 23.2 Å². The van der Waals surface area contributed by atoms with E-state index in [-0.39, 0.29) is 0 Å². The van der Waals surface area contributed by atoms with Crippen LogP contribution in [-0.4, -0.2) is 0 Å². The lowest BCUT2D eigenvalue weighted by Crippen LogP contribution is -1.83. The summed E-state index contributed by atoms with van der Waals surface area (Å²) in [5.41, 5.74) is 6.58. The van der Waals surface area contributed by atoms with Gasteiger partial charge >= 0.3 is 0 Å². The van der Waals surface area contributed by atoms with Crippen molar-refractivity contribution in [1.82, 2.24) is 0 Å². The maximum atomic E-state index is 3.34. The van der Waals surface area contributed by atoms with Crippen LogP contribution >= 0.6 is 8.58 Å². The van der Waals surface area contributed by atoms with Crippen LogP contribution in [0.1, 0.15) is 206 Å². The molecule has 0 aliphatic rings. The van der Waals surface area contributed by atoms with E-state index in [2.05, 4.69) is 37.0 Å². The summed E-state index contributed by atoms with van der Waals surface area (Å²) in [5, 5.41) is 0. The Bertz CT molecular complexity index is 480. The average molecular weight is 531 g/mol. The van der Waals surface area contributed by atoms with Gasteiger partial charge in [-0.15, -0.1) is 0 Å². The Balaban J connectivity index is 3.19. The van der Waals surface area contributed by atoms with Gasteiger partial charge in [0, 0.05) is 21.4 Å². The fourth-order valence-corrected chi connectivity index (χ4v) is 5.55. The normalized spacial score (nSPS) is 10.6. The second-order valence-electron chi connectivity index (χ2n) is 11.4. The molecule has 0 saturated carbocycles. The molecule has 0 N–H and O–H groups in total. The van der Waals surface area contributed by atoms with Crippen LogP contribution in [0.3, 0.4) is 0 Å². The molecule has 37 heavy (non-hydrogen) atoms. The monoisotopic (exact) mass is 530 g/mol. The summed E-state index contributed by atoms with van der Waals surface area (Å²) in [6, 6.07) is 0. The van der Waals surface area contributed by atoms with Crippen molar-refractivity contribution in [2.75, 3.05) is 0 Å². The van der Waals surface area contributed by atoms with Crippen molar-refractivity contribution in [3.05, 3.63) is 0 Å². The van der Waals surface area contributed by atoms with E-state index < -0.39 is 0 Å². The van der Waals surface area contributed by atoms with Crippen molar-refractivity contribution in [1.29, 1.82) is 0 Å². The molecule has 0 aliphatic carbocycles. The summed E-state index contributed by atoms with van der Waals surface area (Å²) in [6.07, 6.45) is 42.0. The van der Waals surface area contributed by atoms with Gasteiger partial charge in [-0.25, -0.2) is 0 Å². The lowest BCUT2D eigenvalue weighted by molar-refractivity contribution is 0.536. The molecule has 0 rings (SSSR count).